The third-order valence-electron chi connectivity index (χ3n) is 4.41. The van der Waals surface area contributed by atoms with Crippen LogP contribution in [0.1, 0.15) is 29.8 Å². The molecule has 0 aliphatic rings. The van der Waals surface area contributed by atoms with Crippen molar-refractivity contribution in [2.45, 2.75) is 25.7 Å². The third-order valence-corrected chi connectivity index (χ3v) is 5.76. The van der Waals surface area contributed by atoms with Gasteiger partial charge in [0.15, 0.2) is 5.76 Å². The molecule has 0 radical (unpaired) electrons. The lowest BCUT2D eigenvalue weighted by atomic mass is 10.1. The maximum absolute atomic E-state index is 12.5. The number of carbonyl (C=O) groups is 1. The Morgan fingerprint density at radius 2 is 2.10 bits per heavy atom. The summed E-state index contributed by atoms with van der Waals surface area (Å²) in [7, 11) is 0. The molecule has 8 heteroatoms. The number of anilines is 1. The van der Waals surface area contributed by atoms with Crippen LogP contribution in [-0.4, -0.2) is 28.7 Å². The smallest absolute Gasteiger partial charge is 0.412 e. The summed E-state index contributed by atoms with van der Waals surface area (Å²) >= 11 is 7.82. The van der Waals surface area contributed by atoms with Gasteiger partial charge in [0.2, 0.25) is 0 Å². The Hall–Kier alpha value is -2.48. The van der Waals surface area contributed by atoms with E-state index >= 15 is 0 Å². The van der Waals surface area contributed by atoms with E-state index < -0.39 is 12.2 Å². The molecule has 1 atom stereocenters. The molecular formula is C22H23ClN2O4S. The lowest BCUT2D eigenvalue weighted by Crippen LogP contribution is -2.17. The highest BCUT2D eigenvalue weighted by Crippen LogP contribution is 2.33. The van der Waals surface area contributed by atoms with Crippen LogP contribution in [0.15, 0.2) is 53.1 Å². The molecule has 0 aliphatic heterocycles. The number of benzene rings is 2. The fourth-order valence-corrected chi connectivity index (χ4v) is 3.91. The molecule has 1 amide bonds. The first-order valence-electron chi connectivity index (χ1n) is 9.46. The van der Waals surface area contributed by atoms with E-state index in [9.17, 15) is 4.79 Å². The van der Waals surface area contributed by atoms with Crippen molar-refractivity contribution in [3.63, 3.8) is 0 Å². The number of halogens is 1. The molecule has 0 bridgehead atoms. The van der Waals surface area contributed by atoms with Gasteiger partial charge < -0.3 is 14.4 Å². The van der Waals surface area contributed by atoms with Crippen LogP contribution in [0.3, 0.4) is 0 Å². The number of aromatic nitrogens is 1. The lowest BCUT2D eigenvalue weighted by Gasteiger charge is -2.15. The second-order valence-electron chi connectivity index (χ2n) is 6.64. The first kappa shape index (κ1) is 22.2. The zero-order chi connectivity index (χ0) is 21.5. The number of aliphatic hydroxyl groups is 1. The molecule has 2 aromatic carbocycles. The summed E-state index contributed by atoms with van der Waals surface area (Å²) in [6.07, 6.45) is -1.14. The number of amides is 1. The van der Waals surface area contributed by atoms with Gasteiger partial charge in [-0.2, -0.15) is 11.8 Å². The van der Waals surface area contributed by atoms with Crippen molar-refractivity contribution in [2.75, 3.05) is 17.7 Å². The SMILES string of the molecule is Cc1noc(-c2cccc(CSCCO)c2)c1NC(=O)OC(C)c1ccccc1Cl. The predicted molar refractivity (Wildman–Crippen MR) is 120 cm³/mol. The van der Waals surface area contributed by atoms with Gasteiger partial charge in [-0.3, -0.25) is 5.32 Å². The van der Waals surface area contributed by atoms with Crippen LogP contribution in [0.4, 0.5) is 10.5 Å². The van der Waals surface area contributed by atoms with E-state index in [2.05, 4.69) is 10.5 Å². The van der Waals surface area contributed by atoms with Crippen LogP contribution in [0.5, 0.6) is 0 Å². The van der Waals surface area contributed by atoms with Crippen molar-refractivity contribution in [3.8, 4) is 11.3 Å². The van der Waals surface area contributed by atoms with Crippen molar-refractivity contribution in [2.24, 2.45) is 0 Å². The van der Waals surface area contributed by atoms with E-state index in [0.717, 1.165) is 22.4 Å². The monoisotopic (exact) mass is 446 g/mol. The highest BCUT2D eigenvalue weighted by atomic mass is 35.5. The number of thioether (sulfide) groups is 1. The molecule has 1 heterocycles. The van der Waals surface area contributed by atoms with Crippen molar-refractivity contribution in [1.82, 2.24) is 5.16 Å². The Morgan fingerprint density at radius 3 is 2.87 bits per heavy atom. The number of aryl methyl sites for hydroxylation is 1. The Morgan fingerprint density at radius 1 is 1.30 bits per heavy atom. The van der Waals surface area contributed by atoms with Crippen molar-refractivity contribution in [1.29, 1.82) is 0 Å². The van der Waals surface area contributed by atoms with Crippen molar-refractivity contribution >= 4 is 35.1 Å². The minimum absolute atomic E-state index is 0.147. The topological polar surface area (TPSA) is 84.6 Å². The zero-order valence-corrected chi connectivity index (χ0v) is 18.3. The van der Waals surface area contributed by atoms with Crippen molar-refractivity contribution < 1.29 is 19.2 Å². The van der Waals surface area contributed by atoms with Gasteiger partial charge in [0, 0.05) is 27.7 Å². The van der Waals surface area contributed by atoms with E-state index in [1.54, 1.807) is 31.7 Å². The largest absolute Gasteiger partial charge is 0.441 e. The number of hydrogen-bond acceptors (Lipinski definition) is 6. The van der Waals surface area contributed by atoms with Crippen molar-refractivity contribution in [3.05, 3.63) is 70.4 Å². The van der Waals surface area contributed by atoms with Gasteiger partial charge in [0.25, 0.3) is 0 Å². The van der Waals surface area contributed by atoms with Gasteiger partial charge in [-0.05, 0) is 31.5 Å². The molecule has 0 aliphatic carbocycles. The number of carbonyl (C=O) groups excluding carboxylic acids is 1. The Bertz CT molecular complexity index is 1010. The molecule has 6 nitrogen and oxygen atoms in total. The summed E-state index contributed by atoms with van der Waals surface area (Å²) in [6.45, 7) is 3.66. The molecule has 3 rings (SSSR count). The molecule has 0 fully saturated rings. The van der Waals surface area contributed by atoms with Gasteiger partial charge in [-0.15, -0.1) is 0 Å². The molecule has 0 saturated heterocycles. The van der Waals surface area contributed by atoms with Crippen LogP contribution >= 0.6 is 23.4 Å². The maximum atomic E-state index is 12.5. The van der Waals surface area contributed by atoms with E-state index in [0.29, 0.717) is 27.9 Å². The van der Waals surface area contributed by atoms with Gasteiger partial charge in [-0.25, -0.2) is 4.79 Å². The first-order valence-corrected chi connectivity index (χ1v) is 11.0. The first-order chi connectivity index (χ1) is 14.5. The average Bonchev–Trinajstić information content (AvgIpc) is 3.09. The van der Waals surface area contributed by atoms with Crippen LogP contribution in [0.25, 0.3) is 11.3 Å². The molecule has 1 aromatic heterocycles. The summed E-state index contributed by atoms with van der Waals surface area (Å²) < 4.78 is 11.0. The molecule has 158 valence electrons. The molecule has 3 aromatic rings. The minimum Gasteiger partial charge on any atom is -0.441 e. The minimum atomic E-state index is -0.621. The van der Waals surface area contributed by atoms with Crippen LogP contribution < -0.4 is 5.32 Å². The van der Waals surface area contributed by atoms with E-state index in [1.807, 2.05) is 42.5 Å². The molecule has 0 spiro atoms. The number of ether oxygens (including phenoxy) is 1. The summed E-state index contributed by atoms with van der Waals surface area (Å²) in [4.78, 5) is 12.5. The Kier molecular flexibility index (Phi) is 7.79. The standard InChI is InChI=1S/C22H23ClN2O4S/c1-14-20(24-22(27)28-15(2)18-8-3-4-9-19(18)23)21(29-25-14)17-7-5-6-16(12-17)13-30-11-10-26/h3-9,12,15,26H,10-11,13H2,1-2H3,(H,24,27). The fraction of sp³-hybridized carbons (Fsp3) is 0.273. The summed E-state index contributed by atoms with van der Waals surface area (Å²) in [5, 5.41) is 16.2. The van der Waals surface area contributed by atoms with Gasteiger partial charge in [0.1, 0.15) is 17.5 Å². The molecule has 0 saturated carbocycles. The number of aliphatic hydroxyl groups excluding tert-OH is 1. The van der Waals surface area contributed by atoms with Crippen LogP contribution in [0.2, 0.25) is 5.02 Å². The van der Waals surface area contributed by atoms with E-state index in [1.165, 1.54) is 0 Å². The Labute approximate surface area is 184 Å². The Balaban J connectivity index is 1.74. The average molecular weight is 447 g/mol. The summed E-state index contributed by atoms with van der Waals surface area (Å²) in [5.41, 5.74) is 3.62. The highest BCUT2D eigenvalue weighted by molar-refractivity contribution is 7.98. The van der Waals surface area contributed by atoms with Gasteiger partial charge in [0.05, 0.1) is 6.61 Å². The van der Waals surface area contributed by atoms with Crippen LogP contribution in [0, 0.1) is 6.92 Å². The summed E-state index contributed by atoms with van der Waals surface area (Å²) in [6, 6.07) is 15.0. The quantitative estimate of drug-likeness (QED) is 0.423. The third kappa shape index (κ3) is 5.56. The number of nitrogens with one attached hydrogen (secondary N) is 1. The molecular weight excluding hydrogens is 424 g/mol. The maximum Gasteiger partial charge on any atom is 0.412 e. The molecule has 2 N–H and O–H groups in total. The second kappa shape index (κ2) is 10.5. The molecule has 30 heavy (non-hydrogen) atoms. The van der Waals surface area contributed by atoms with E-state index in [-0.39, 0.29) is 6.61 Å². The predicted octanol–water partition coefficient (Wildman–Crippen LogP) is 5.84. The normalized spacial score (nSPS) is 11.9. The zero-order valence-electron chi connectivity index (χ0n) is 16.7. The second-order valence-corrected chi connectivity index (χ2v) is 8.16. The van der Waals surface area contributed by atoms with Gasteiger partial charge >= 0.3 is 6.09 Å². The molecule has 1 unspecified atom stereocenters. The lowest BCUT2D eigenvalue weighted by molar-refractivity contribution is 0.121. The number of nitrogens with zero attached hydrogens (tertiary/aromatic N) is 1. The highest BCUT2D eigenvalue weighted by Gasteiger charge is 2.20. The van der Waals surface area contributed by atoms with E-state index in [4.69, 9.17) is 26.0 Å². The fourth-order valence-electron chi connectivity index (χ4n) is 2.93. The number of rotatable bonds is 8. The summed E-state index contributed by atoms with van der Waals surface area (Å²) in [5.74, 6) is 1.90. The number of hydrogen-bond donors (Lipinski definition) is 2. The van der Waals surface area contributed by atoms with Gasteiger partial charge in [-0.1, -0.05) is 53.2 Å². The van der Waals surface area contributed by atoms with Crippen LogP contribution in [-0.2, 0) is 10.5 Å².